The van der Waals surface area contributed by atoms with Crippen LogP contribution in [-0.2, 0) is 17.9 Å². The number of benzene rings is 2. The van der Waals surface area contributed by atoms with Crippen molar-refractivity contribution >= 4 is 23.6 Å². The van der Waals surface area contributed by atoms with Crippen LogP contribution < -0.4 is 14.8 Å². The lowest BCUT2D eigenvalue weighted by Gasteiger charge is -2.11. The molecule has 0 spiro atoms. The molecule has 0 atom stereocenters. The summed E-state index contributed by atoms with van der Waals surface area (Å²) in [6.07, 6.45) is 3.20. The van der Waals surface area contributed by atoms with Gasteiger partial charge in [-0.2, -0.15) is 0 Å². The monoisotopic (exact) mass is 426 g/mol. The first-order chi connectivity index (χ1) is 14.5. The van der Waals surface area contributed by atoms with Gasteiger partial charge in [-0.1, -0.05) is 35.0 Å². The number of amides is 1. The zero-order valence-corrected chi connectivity index (χ0v) is 17.8. The number of methoxy groups -OCH3 is 1. The fourth-order valence-electron chi connectivity index (χ4n) is 2.79. The highest BCUT2D eigenvalue weighted by atomic mass is 35.5. The SMILES string of the molecule is COc1cc(/C=C/C(=O)NCc2ccc(Cl)cc2)ccc1OCc1c(C)noc1C. The number of nitrogens with zero attached hydrogens (tertiary/aromatic N) is 1. The summed E-state index contributed by atoms with van der Waals surface area (Å²) < 4.78 is 16.5. The molecule has 0 radical (unpaired) electrons. The Morgan fingerprint density at radius 3 is 2.60 bits per heavy atom. The van der Waals surface area contributed by atoms with Crippen molar-refractivity contribution in [3.05, 3.63) is 81.7 Å². The lowest BCUT2D eigenvalue weighted by Crippen LogP contribution is -2.20. The summed E-state index contributed by atoms with van der Waals surface area (Å²) in [5.74, 6) is 1.71. The van der Waals surface area contributed by atoms with Crippen LogP contribution in [0.3, 0.4) is 0 Å². The molecule has 0 saturated carbocycles. The van der Waals surface area contributed by atoms with Crippen LogP contribution in [0.1, 0.15) is 28.1 Å². The van der Waals surface area contributed by atoms with Gasteiger partial charge in [0.2, 0.25) is 5.91 Å². The maximum Gasteiger partial charge on any atom is 0.244 e. The number of aryl methyl sites for hydroxylation is 2. The average Bonchev–Trinajstić information content (AvgIpc) is 3.07. The lowest BCUT2D eigenvalue weighted by atomic mass is 10.1. The van der Waals surface area contributed by atoms with Gasteiger partial charge in [-0.25, -0.2) is 0 Å². The van der Waals surface area contributed by atoms with Gasteiger partial charge >= 0.3 is 0 Å². The molecule has 6 nitrogen and oxygen atoms in total. The zero-order chi connectivity index (χ0) is 21.5. The highest BCUT2D eigenvalue weighted by Crippen LogP contribution is 2.30. The number of nitrogens with one attached hydrogen (secondary N) is 1. The van der Waals surface area contributed by atoms with Crippen molar-refractivity contribution in [2.45, 2.75) is 27.0 Å². The van der Waals surface area contributed by atoms with Crippen molar-refractivity contribution in [1.29, 1.82) is 0 Å². The first kappa shape index (κ1) is 21.5. The van der Waals surface area contributed by atoms with E-state index in [1.54, 1.807) is 25.3 Å². The number of aromatic nitrogens is 1. The van der Waals surface area contributed by atoms with Crippen molar-refractivity contribution in [2.24, 2.45) is 0 Å². The summed E-state index contributed by atoms with van der Waals surface area (Å²) in [7, 11) is 1.57. The zero-order valence-electron chi connectivity index (χ0n) is 17.1. The second-order valence-corrected chi connectivity index (χ2v) is 7.12. The maximum atomic E-state index is 12.1. The Labute approximate surface area is 180 Å². The second kappa shape index (κ2) is 9.98. The van der Waals surface area contributed by atoms with Gasteiger partial charge in [-0.15, -0.1) is 0 Å². The maximum absolute atomic E-state index is 12.1. The summed E-state index contributed by atoms with van der Waals surface area (Å²) in [6.45, 7) is 4.48. The van der Waals surface area contributed by atoms with Crippen molar-refractivity contribution in [2.75, 3.05) is 7.11 Å². The van der Waals surface area contributed by atoms with Gasteiger partial charge in [0.25, 0.3) is 0 Å². The van der Waals surface area contributed by atoms with Crippen molar-refractivity contribution in [1.82, 2.24) is 10.5 Å². The Bertz CT molecular complexity index is 1020. The fourth-order valence-corrected chi connectivity index (χ4v) is 2.91. The molecule has 1 N–H and O–H groups in total. The molecule has 0 fully saturated rings. The molecule has 0 saturated heterocycles. The number of rotatable bonds is 8. The molecule has 7 heteroatoms. The van der Waals surface area contributed by atoms with Crippen LogP contribution in [0.2, 0.25) is 5.02 Å². The minimum Gasteiger partial charge on any atom is -0.493 e. The van der Waals surface area contributed by atoms with E-state index in [0.717, 1.165) is 28.1 Å². The van der Waals surface area contributed by atoms with Crippen molar-refractivity contribution < 1.29 is 18.8 Å². The summed E-state index contributed by atoms with van der Waals surface area (Å²) in [5, 5.41) is 7.43. The quantitative estimate of drug-likeness (QED) is 0.520. The molecular weight excluding hydrogens is 404 g/mol. The smallest absolute Gasteiger partial charge is 0.244 e. The molecule has 30 heavy (non-hydrogen) atoms. The van der Waals surface area contributed by atoms with Gasteiger partial charge in [0.15, 0.2) is 11.5 Å². The van der Waals surface area contributed by atoms with E-state index in [1.807, 2.05) is 44.2 Å². The molecule has 0 bridgehead atoms. The number of halogens is 1. The van der Waals surface area contributed by atoms with Crippen LogP contribution in [-0.4, -0.2) is 18.2 Å². The van der Waals surface area contributed by atoms with E-state index in [9.17, 15) is 4.79 Å². The van der Waals surface area contributed by atoms with Crippen molar-refractivity contribution in [3.8, 4) is 11.5 Å². The molecule has 1 aromatic heterocycles. The third kappa shape index (κ3) is 5.64. The molecule has 0 aliphatic heterocycles. The van der Waals surface area contributed by atoms with Gasteiger partial charge in [0.05, 0.1) is 18.4 Å². The van der Waals surface area contributed by atoms with Crippen LogP contribution in [0.15, 0.2) is 53.1 Å². The Morgan fingerprint density at radius 1 is 1.17 bits per heavy atom. The van der Waals surface area contributed by atoms with E-state index in [4.69, 9.17) is 25.6 Å². The van der Waals surface area contributed by atoms with Gasteiger partial charge in [-0.05, 0) is 55.3 Å². The summed E-state index contributed by atoms with van der Waals surface area (Å²) in [4.78, 5) is 12.1. The van der Waals surface area contributed by atoms with E-state index >= 15 is 0 Å². The van der Waals surface area contributed by atoms with Crippen LogP contribution in [0.5, 0.6) is 11.5 Å². The standard InChI is InChI=1S/C23H23ClN2O4/c1-15-20(16(2)30-26-15)14-29-21-10-6-17(12-22(21)28-3)7-11-23(27)25-13-18-4-8-19(24)9-5-18/h4-12H,13-14H2,1-3H3,(H,25,27)/b11-7+. The fraction of sp³-hybridized carbons (Fsp3) is 0.217. The van der Waals surface area contributed by atoms with Crippen LogP contribution >= 0.6 is 11.6 Å². The Hall–Kier alpha value is -3.25. The topological polar surface area (TPSA) is 73.6 Å². The molecule has 0 unspecified atom stereocenters. The van der Waals surface area contributed by atoms with Crippen LogP contribution in [0.25, 0.3) is 6.08 Å². The minimum atomic E-state index is -0.192. The largest absolute Gasteiger partial charge is 0.493 e. The third-order valence-corrected chi connectivity index (χ3v) is 4.80. The van der Waals surface area contributed by atoms with Crippen LogP contribution in [0.4, 0.5) is 0 Å². The molecule has 3 aromatic rings. The van der Waals surface area contributed by atoms with Gasteiger partial charge in [0, 0.05) is 17.6 Å². The average molecular weight is 427 g/mol. The van der Waals surface area contributed by atoms with Crippen molar-refractivity contribution in [3.63, 3.8) is 0 Å². The van der Waals surface area contributed by atoms with E-state index in [0.29, 0.717) is 29.7 Å². The van der Waals surface area contributed by atoms with E-state index < -0.39 is 0 Å². The normalized spacial score (nSPS) is 10.9. The van der Waals surface area contributed by atoms with Crippen LogP contribution in [0, 0.1) is 13.8 Å². The molecule has 156 valence electrons. The lowest BCUT2D eigenvalue weighted by molar-refractivity contribution is -0.116. The summed E-state index contributed by atoms with van der Waals surface area (Å²) in [6, 6.07) is 12.8. The first-order valence-corrected chi connectivity index (χ1v) is 9.77. The highest BCUT2D eigenvalue weighted by molar-refractivity contribution is 6.30. The number of ether oxygens (including phenoxy) is 2. The minimum absolute atomic E-state index is 0.192. The highest BCUT2D eigenvalue weighted by Gasteiger charge is 2.12. The molecule has 2 aromatic carbocycles. The number of hydrogen-bond acceptors (Lipinski definition) is 5. The third-order valence-electron chi connectivity index (χ3n) is 4.55. The number of carbonyl (C=O) groups is 1. The van der Waals surface area contributed by atoms with E-state index in [1.165, 1.54) is 6.08 Å². The molecular formula is C23H23ClN2O4. The molecule has 0 aliphatic carbocycles. The summed E-state index contributed by atoms with van der Waals surface area (Å²) >= 11 is 5.86. The van der Waals surface area contributed by atoms with E-state index in [-0.39, 0.29) is 5.91 Å². The molecule has 1 amide bonds. The van der Waals surface area contributed by atoms with Gasteiger partial charge < -0.3 is 19.3 Å². The predicted octanol–water partition coefficient (Wildman–Crippen LogP) is 4.86. The molecule has 3 rings (SSSR count). The van der Waals surface area contributed by atoms with Gasteiger partial charge in [-0.3, -0.25) is 4.79 Å². The Morgan fingerprint density at radius 2 is 1.93 bits per heavy atom. The Kier molecular flexibility index (Phi) is 7.14. The molecule has 0 aliphatic rings. The summed E-state index contributed by atoms with van der Waals surface area (Å²) in [5.41, 5.74) is 3.51. The van der Waals surface area contributed by atoms with Gasteiger partial charge in [0.1, 0.15) is 12.4 Å². The second-order valence-electron chi connectivity index (χ2n) is 6.68. The van der Waals surface area contributed by atoms with E-state index in [2.05, 4.69) is 10.5 Å². The Balaban J connectivity index is 1.59. The molecule has 1 heterocycles. The number of hydrogen-bond donors (Lipinski definition) is 1. The number of carbonyl (C=O) groups excluding carboxylic acids is 1. The predicted molar refractivity (Wildman–Crippen MR) is 116 cm³/mol. The first-order valence-electron chi connectivity index (χ1n) is 9.39.